The van der Waals surface area contributed by atoms with Crippen LogP contribution in [-0.2, 0) is 4.74 Å². The van der Waals surface area contributed by atoms with E-state index in [1.165, 1.54) is 0 Å². The number of hydrogen-bond acceptors (Lipinski definition) is 2. The minimum atomic E-state index is -0.162. The molecular formula is C17H20FO2P. The zero-order chi connectivity index (χ0) is 15.4. The van der Waals surface area contributed by atoms with Crippen LogP contribution in [0, 0.1) is 26.6 Å². The van der Waals surface area contributed by atoms with Gasteiger partial charge in [-0.2, -0.15) is 0 Å². The Morgan fingerprint density at radius 2 is 1.76 bits per heavy atom. The first-order valence-electron chi connectivity index (χ1n) is 6.77. The van der Waals surface area contributed by atoms with Gasteiger partial charge in [0.15, 0.2) is 6.79 Å². The van der Waals surface area contributed by atoms with Crippen molar-refractivity contribution >= 4 is 19.2 Å². The molecule has 2 nitrogen and oxygen atoms in total. The third kappa shape index (κ3) is 4.03. The second kappa shape index (κ2) is 7.02. The topological polar surface area (TPSA) is 18.5 Å². The van der Waals surface area contributed by atoms with Crippen LogP contribution < -0.4 is 15.3 Å². The maximum absolute atomic E-state index is 14.1. The van der Waals surface area contributed by atoms with E-state index >= 15 is 0 Å². The summed E-state index contributed by atoms with van der Waals surface area (Å²) in [5.41, 5.74) is 3.12. The number of aryl methyl sites for hydroxylation is 3. The van der Waals surface area contributed by atoms with Gasteiger partial charge in [-0.25, -0.2) is 4.39 Å². The lowest BCUT2D eigenvalue weighted by atomic mass is 10.1. The van der Waals surface area contributed by atoms with E-state index in [0.717, 1.165) is 27.7 Å². The van der Waals surface area contributed by atoms with Crippen molar-refractivity contribution in [3.63, 3.8) is 0 Å². The smallest absolute Gasteiger partial charge is 0.188 e. The van der Waals surface area contributed by atoms with E-state index in [1.54, 1.807) is 13.2 Å². The number of hydrogen-bond donors (Lipinski definition) is 0. The summed E-state index contributed by atoms with van der Waals surface area (Å²) < 4.78 is 24.7. The summed E-state index contributed by atoms with van der Waals surface area (Å²) in [6.45, 7) is 6.11. The molecule has 0 radical (unpaired) electrons. The fraction of sp³-hybridized carbons (Fsp3) is 0.294. The van der Waals surface area contributed by atoms with Crippen LogP contribution >= 0.6 is 8.58 Å². The van der Waals surface area contributed by atoms with E-state index in [2.05, 4.69) is 12.1 Å². The summed E-state index contributed by atoms with van der Waals surface area (Å²) in [6.07, 6.45) is 0. The quantitative estimate of drug-likeness (QED) is 0.623. The van der Waals surface area contributed by atoms with Crippen LogP contribution in [0.5, 0.6) is 5.75 Å². The normalized spacial score (nSPS) is 11.3. The van der Waals surface area contributed by atoms with Gasteiger partial charge in [0.1, 0.15) is 11.6 Å². The van der Waals surface area contributed by atoms with Crippen molar-refractivity contribution in [2.45, 2.75) is 20.8 Å². The van der Waals surface area contributed by atoms with Crippen molar-refractivity contribution in [1.29, 1.82) is 0 Å². The Hall–Kier alpha value is -1.44. The van der Waals surface area contributed by atoms with Crippen LogP contribution in [-0.4, -0.2) is 13.9 Å². The van der Waals surface area contributed by atoms with Crippen molar-refractivity contribution in [2.75, 3.05) is 13.9 Å². The maximum atomic E-state index is 14.1. The molecule has 112 valence electrons. The van der Waals surface area contributed by atoms with Gasteiger partial charge >= 0.3 is 0 Å². The van der Waals surface area contributed by atoms with Crippen molar-refractivity contribution in [3.8, 4) is 5.75 Å². The molecule has 2 aromatic rings. The van der Waals surface area contributed by atoms with Gasteiger partial charge in [-0.05, 0) is 49.6 Å². The molecule has 0 bridgehead atoms. The lowest BCUT2D eigenvalue weighted by molar-refractivity contribution is 0.0514. The molecule has 0 N–H and O–H groups in total. The van der Waals surface area contributed by atoms with Gasteiger partial charge in [0, 0.05) is 17.7 Å². The molecule has 1 unspecified atom stereocenters. The highest BCUT2D eigenvalue weighted by Crippen LogP contribution is 2.25. The minimum Gasteiger partial charge on any atom is -0.467 e. The summed E-state index contributed by atoms with van der Waals surface area (Å²) in [5.74, 6) is 0.631. The van der Waals surface area contributed by atoms with E-state index in [0.29, 0.717) is 5.30 Å². The monoisotopic (exact) mass is 306 g/mol. The Morgan fingerprint density at radius 1 is 1.00 bits per heavy atom. The molecule has 4 heteroatoms. The molecule has 0 aromatic heterocycles. The molecule has 0 fully saturated rings. The van der Waals surface area contributed by atoms with Crippen molar-refractivity contribution in [1.82, 2.24) is 0 Å². The molecule has 0 amide bonds. The molecule has 0 heterocycles. The molecule has 0 aliphatic rings. The van der Waals surface area contributed by atoms with Gasteiger partial charge in [-0.3, -0.25) is 0 Å². The highest BCUT2D eigenvalue weighted by atomic mass is 31.1. The summed E-state index contributed by atoms with van der Waals surface area (Å²) >= 11 is 0. The minimum absolute atomic E-state index is 0.162. The van der Waals surface area contributed by atoms with Crippen molar-refractivity contribution in [2.24, 2.45) is 0 Å². The molecule has 1 atom stereocenters. The summed E-state index contributed by atoms with van der Waals surface area (Å²) in [5, 5.41) is 1.71. The van der Waals surface area contributed by atoms with Gasteiger partial charge in [0.05, 0.1) is 0 Å². The highest BCUT2D eigenvalue weighted by molar-refractivity contribution is 7.55. The Labute approximate surface area is 127 Å². The highest BCUT2D eigenvalue weighted by Gasteiger charge is 2.12. The Kier molecular flexibility index (Phi) is 5.33. The van der Waals surface area contributed by atoms with Crippen LogP contribution in [0.2, 0.25) is 0 Å². The molecule has 0 saturated carbocycles. The first kappa shape index (κ1) is 15.9. The van der Waals surface area contributed by atoms with Gasteiger partial charge in [-0.1, -0.05) is 26.8 Å². The van der Waals surface area contributed by atoms with Crippen LogP contribution in [0.15, 0.2) is 30.3 Å². The average Bonchev–Trinajstić information content (AvgIpc) is 2.41. The Morgan fingerprint density at radius 3 is 2.43 bits per heavy atom. The SMILES string of the molecule is COCOc1c(C)cc(C)cc1Pc1ccc(C)cc1F. The van der Waals surface area contributed by atoms with Crippen LogP contribution in [0.25, 0.3) is 0 Å². The lowest BCUT2D eigenvalue weighted by Crippen LogP contribution is -2.14. The number of methoxy groups -OCH3 is 1. The van der Waals surface area contributed by atoms with Gasteiger partial charge < -0.3 is 9.47 Å². The Bertz CT molecular complexity index is 641. The first-order chi connectivity index (χ1) is 10.0. The molecule has 21 heavy (non-hydrogen) atoms. The zero-order valence-electron chi connectivity index (χ0n) is 12.8. The van der Waals surface area contributed by atoms with Crippen LogP contribution in [0.4, 0.5) is 4.39 Å². The third-order valence-corrected chi connectivity index (χ3v) is 4.45. The van der Waals surface area contributed by atoms with Gasteiger partial charge in [-0.15, -0.1) is 0 Å². The van der Waals surface area contributed by atoms with Gasteiger partial charge in [0.25, 0.3) is 0 Å². The average molecular weight is 306 g/mol. The van der Waals surface area contributed by atoms with E-state index in [-0.39, 0.29) is 21.2 Å². The van der Waals surface area contributed by atoms with E-state index < -0.39 is 0 Å². The van der Waals surface area contributed by atoms with E-state index in [4.69, 9.17) is 9.47 Å². The summed E-state index contributed by atoms with van der Waals surface area (Å²) in [4.78, 5) is 0. The van der Waals surface area contributed by atoms with Crippen molar-refractivity contribution in [3.05, 3.63) is 52.8 Å². The fourth-order valence-corrected chi connectivity index (χ4v) is 3.55. The first-order valence-corrected chi connectivity index (χ1v) is 7.77. The predicted octanol–water partition coefficient (Wildman–Crippen LogP) is 3.36. The molecular weight excluding hydrogens is 286 g/mol. The molecule has 0 aliphatic heterocycles. The fourth-order valence-electron chi connectivity index (χ4n) is 2.22. The third-order valence-electron chi connectivity index (χ3n) is 3.13. The number of ether oxygens (including phenoxy) is 2. The number of halogens is 1. The zero-order valence-corrected chi connectivity index (χ0v) is 13.8. The number of benzene rings is 2. The predicted molar refractivity (Wildman–Crippen MR) is 87.1 cm³/mol. The van der Waals surface area contributed by atoms with E-state index in [9.17, 15) is 4.39 Å². The molecule has 0 spiro atoms. The van der Waals surface area contributed by atoms with Crippen LogP contribution in [0.3, 0.4) is 0 Å². The summed E-state index contributed by atoms with van der Waals surface area (Å²) in [6, 6.07) is 9.46. The van der Waals surface area contributed by atoms with Gasteiger partial charge in [0.2, 0.25) is 0 Å². The van der Waals surface area contributed by atoms with Crippen LogP contribution in [0.1, 0.15) is 16.7 Å². The Balaban J connectivity index is 2.37. The maximum Gasteiger partial charge on any atom is 0.188 e. The largest absolute Gasteiger partial charge is 0.467 e. The number of rotatable bonds is 5. The van der Waals surface area contributed by atoms with Crippen molar-refractivity contribution < 1.29 is 13.9 Å². The molecule has 0 saturated heterocycles. The standard InChI is InChI=1S/C17H20FO2P/c1-11-5-6-15(14(18)8-11)21-16-9-12(2)7-13(3)17(16)20-10-19-4/h5-9,21H,10H2,1-4H3. The molecule has 2 aromatic carbocycles. The molecule has 0 aliphatic carbocycles. The molecule has 2 rings (SSSR count). The second-order valence-electron chi connectivity index (χ2n) is 5.12. The van der Waals surface area contributed by atoms with E-state index in [1.807, 2.05) is 32.9 Å². The lowest BCUT2D eigenvalue weighted by Gasteiger charge is -2.15. The second-order valence-corrected chi connectivity index (χ2v) is 6.45. The summed E-state index contributed by atoms with van der Waals surface area (Å²) in [7, 11) is 1.81.